The molecule has 0 aromatic heterocycles. The maximum absolute atomic E-state index is 10.5. The lowest BCUT2D eigenvalue weighted by atomic mass is 10.1. The minimum atomic E-state index is -0.365. The van der Waals surface area contributed by atoms with E-state index in [0.717, 1.165) is 5.56 Å². The van der Waals surface area contributed by atoms with Crippen LogP contribution in [0.4, 0.5) is 5.69 Å². The summed E-state index contributed by atoms with van der Waals surface area (Å²) in [5, 5.41) is 10.8. The van der Waals surface area contributed by atoms with Crippen LogP contribution >= 0.6 is 11.8 Å². The van der Waals surface area contributed by atoms with E-state index in [-0.39, 0.29) is 10.6 Å². The van der Waals surface area contributed by atoms with Crippen LogP contribution in [0.2, 0.25) is 0 Å². The van der Waals surface area contributed by atoms with Gasteiger partial charge in [0.15, 0.2) is 0 Å². The number of hydrogen-bond acceptors (Lipinski definition) is 3. The van der Waals surface area contributed by atoms with Crippen LogP contribution in [0.25, 0.3) is 0 Å². The Balaban J connectivity index is 2.98. The molecule has 1 aromatic rings. The Labute approximate surface area is 81.3 Å². The summed E-state index contributed by atoms with van der Waals surface area (Å²) in [7, 11) is 0. The van der Waals surface area contributed by atoms with Gasteiger partial charge in [0.05, 0.1) is 4.92 Å². The Morgan fingerprint density at radius 1 is 1.54 bits per heavy atom. The lowest BCUT2D eigenvalue weighted by molar-refractivity contribution is -0.384. The molecular formula is C9H11NO2S. The summed E-state index contributed by atoms with van der Waals surface area (Å²) in [5.41, 5.74) is 1.17. The second kappa shape index (κ2) is 4.28. The van der Waals surface area contributed by atoms with Gasteiger partial charge < -0.3 is 0 Å². The number of nitrogens with zero attached hydrogens (tertiary/aromatic N) is 1. The van der Waals surface area contributed by atoms with Gasteiger partial charge in [0, 0.05) is 17.4 Å². The fraction of sp³-hybridized carbons (Fsp3) is 0.333. The molecule has 70 valence electrons. The van der Waals surface area contributed by atoms with Crippen LogP contribution in [-0.4, -0.2) is 11.2 Å². The normalized spacial score (nSPS) is 12.5. The molecule has 0 radical (unpaired) electrons. The number of nitro groups is 1. The minimum Gasteiger partial charge on any atom is -0.258 e. The zero-order valence-corrected chi connectivity index (χ0v) is 8.38. The van der Waals surface area contributed by atoms with Crippen LogP contribution in [-0.2, 0) is 0 Å². The van der Waals surface area contributed by atoms with Gasteiger partial charge in [-0.2, -0.15) is 11.8 Å². The molecule has 0 aliphatic carbocycles. The Morgan fingerprint density at radius 3 is 2.77 bits per heavy atom. The highest BCUT2D eigenvalue weighted by molar-refractivity contribution is 7.98. The van der Waals surface area contributed by atoms with Gasteiger partial charge >= 0.3 is 0 Å². The van der Waals surface area contributed by atoms with Crippen molar-refractivity contribution in [1.29, 1.82) is 0 Å². The molecule has 3 nitrogen and oxygen atoms in total. The van der Waals surface area contributed by atoms with Gasteiger partial charge in [0.25, 0.3) is 5.69 Å². The molecule has 1 aromatic carbocycles. The van der Waals surface area contributed by atoms with Crippen LogP contribution in [0.3, 0.4) is 0 Å². The van der Waals surface area contributed by atoms with E-state index in [1.54, 1.807) is 23.9 Å². The topological polar surface area (TPSA) is 43.1 Å². The number of rotatable bonds is 3. The first-order valence-electron chi connectivity index (χ1n) is 3.92. The summed E-state index contributed by atoms with van der Waals surface area (Å²) in [6.45, 7) is 2.03. The van der Waals surface area contributed by atoms with Gasteiger partial charge in [-0.05, 0) is 18.7 Å². The molecule has 0 amide bonds. The maximum atomic E-state index is 10.5. The number of nitro benzene ring substituents is 1. The fourth-order valence-corrected chi connectivity index (χ4v) is 1.45. The molecule has 0 saturated heterocycles. The van der Waals surface area contributed by atoms with E-state index in [4.69, 9.17) is 0 Å². The fourth-order valence-electron chi connectivity index (χ4n) is 1.03. The Bertz CT molecular complexity index is 314. The molecule has 0 aliphatic rings. The molecule has 1 unspecified atom stereocenters. The third kappa shape index (κ3) is 2.45. The van der Waals surface area contributed by atoms with E-state index in [2.05, 4.69) is 0 Å². The third-order valence-electron chi connectivity index (χ3n) is 1.90. The summed E-state index contributed by atoms with van der Waals surface area (Å²) < 4.78 is 0. The van der Waals surface area contributed by atoms with Gasteiger partial charge in [0.2, 0.25) is 0 Å². The second-order valence-corrected chi connectivity index (χ2v) is 3.91. The SMILES string of the molecule is CSC(C)c1cccc([N+](=O)[O-])c1. The molecule has 1 atom stereocenters. The van der Waals surface area contributed by atoms with Crippen LogP contribution in [0.1, 0.15) is 17.7 Å². The largest absolute Gasteiger partial charge is 0.269 e. The zero-order valence-electron chi connectivity index (χ0n) is 7.56. The predicted molar refractivity (Wildman–Crippen MR) is 55.0 cm³/mol. The monoisotopic (exact) mass is 197 g/mol. The average molecular weight is 197 g/mol. The van der Waals surface area contributed by atoms with Gasteiger partial charge in [0.1, 0.15) is 0 Å². The molecule has 0 bridgehead atoms. The second-order valence-electron chi connectivity index (χ2n) is 2.73. The highest BCUT2D eigenvalue weighted by Crippen LogP contribution is 2.27. The number of hydrogen-bond donors (Lipinski definition) is 0. The van der Waals surface area contributed by atoms with Gasteiger partial charge in [-0.1, -0.05) is 12.1 Å². The average Bonchev–Trinajstić information content (AvgIpc) is 2.17. The number of non-ortho nitro benzene ring substituents is 1. The maximum Gasteiger partial charge on any atom is 0.269 e. The van der Waals surface area contributed by atoms with Crippen molar-refractivity contribution in [2.24, 2.45) is 0 Å². The zero-order chi connectivity index (χ0) is 9.84. The van der Waals surface area contributed by atoms with Crippen molar-refractivity contribution in [2.45, 2.75) is 12.2 Å². The van der Waals surface area contributed by atoms with E-state index >= 15 is 0 Å². The molecular weight excluding hydrogens is 186 g/mol. The molecule has 4 heteroatoms. The van der Waals surface area contributed by atoms with Crippen LogP contribution in [0, 0.1) is 10.1 Å². The van der Waals surface area contributed by atoms with E-state index in [9.17, 15) is 10.1 Å². The van der Waals surface area contributed by atoms with E-state index in [0.29, 0.717) is 5.25 Å². The molecule has 0 saturated carbocycles. The Morgan fingerprint density at radius 2 is 2.23 bits per heavy atom. The summed E-state index contributed by atoms with van der Waals surface area (Å²) in [6, 6.07) is 6.77. The van der Waals surface area contributed by atoms with E-state index in [1.807, 2.05) is 19.2 Å². The number of thioether (sulfide) groups is 1. The van der Waals surface area contributed by atoms with Crippen LogP contribution in [0.15, 0.2) is 24.3 Å². The molecule has 0 spiro atoms. The van der Waals surface area contributed by atoms with Crippen molar-refractivity contribution in [3.8, 4) is 0 Å². The van der Waals surface area contributed by atoms with E-state index < -0.39 is 0 Å². The molecule has 0 N–H and O–H groups in total. The van der Waals surface area contributed by atoms with Crippen molar-refractivity contribution < 1.29 is 4.92 Å². The van der Waals surface area contributed by atoms with Gasteiger partial charge in [-0.3, -0.25) is 10.1 Å². The smallest absolute Gasteiger partial charge is 0.258 e. The first-order valence-corrected chi connectivity index (χ1v) is 5.21. The quantitative estimate of drug-likeness (QED) is 0.552. The molecule has 0 heterocycles. The lowest BCUT2D eigenvalue weighted by Gasteiger charge is -2.07. The molecule has 0 fully saturated rings. The Hall–Kier alpha value is -1.03. The first-order chi connectivity index (χ1) is 6.15. The third-order valence-corrected chi connectivity index (χ3v) is 2.88. The summed E-state index contributed by atoms with van der Waals surface area (Å²) in [4.78, 5) is 10.1. The minimum absolute atomic E-state index is 0.165. The standard InChI is InChI=1S/C9H11NO2S/c1-7(13-2)8-4-3-5-9(6-8)10(11)12/h3-7H,1-2H3. The van der Waals surface area contributed by atoms with Crippen molar-refractivity contribution in [3.63, 3.8) is 0 Å². The van der Waals surface area contributed by atoms with Crippen molar-refractivity contribution in [2.75, 3.05) is 6.26 Å². The number of benzene rings is 1. The van der Waals surface area contributed by atoms with Crippen molar-refractivity contribution in [3.05, 3.63) is 39.9 Å². The van der Waals surface area contributed by atoms with Gasteiger partial charge in [-0.25, -0.2) is 0 Å². The summed E-state index contributed by atoms with van der Waals surface area (Å²) in [5.74, 6) is 0. The van der Waals surface area contributed by atoms with Gasteiger partial charge in [-0.15, -0.1) is 0 Å². The van der Waals surface area contributed by atoms with E-state index in [1.165, 1.54) is 6.07 Å². The lowest BCUT2D eigenvalue weighted by Crippen LogP contribution is -1.91. The Kier molecular flexibility index (Phi) is 3.31. The van der Waals surface area contributed by atoms with Crippen molar-refractivity contribution in [1.82, 2.24) is 0 Å². The highest BCUT2D eigenvalue weighted by Gasteiger charge is 2.09. The van der Waals surface area contributed by atoms with Crippen molar-refractivity contribution >= 4 is 17.4 Å². The predicted octanol–water partition coefficient (Wildman–Crippen LogP) is 3.02. The van der Waals surface area contributed by atoms with Crippen LogP contribution < -0.4 is 0 Å². The van der Waals surface area contributed by atoms with Crippen LogP contribution in [0.5, 0.6) is 0 Å². The summed E-state index contributed by atoms with van der Waals surface area (Å²) >= 11 is 1.68. The highest BCUT2D eigenvalue weighted by atomic mass is 32.2. The molecule has 1 rings (SSSR count). The molecule has 13 heavy (non-hydrogen) atoms. The first kappa shape index (κ1) is 10.1. The summed E-state index contributed by atoms with van der Waals surface area (Å²) in [6.07, 6.45) is 1.99. The molecule has 0 aliphatic heterocycles.